The number of hydrogen-bond acceptors (Lipinski definition) is 3. The molecule has 0 aliphatic carbocycles. The minimum Gasteiger partial charge on any atom is -0.258 e. The number of nitro groups is 1. The Labute approximate surface area is 123 Å². The SMILES string of the molecule is O=[N+]([O-])c1cccc2cnc(-c3ccc(Br)cc3)cc12. The molecule has 0 fully saturated rings. The van der Waals surface area contributed by atoms with Crippen molar-refractivity contribution in [2.75, 3.05) is 0 Å². The third kappa shape index (κ3) is 2.28. The summed E-state index contributed by atoms with van der Waals surface area (Å²) < 4.78 is 0.980. The van der Waals surface area contributed by atoms with Crippen molar-refractivity contribution < 1.29 is 4.92 Å². The molecule has 4 nitrogen and oxygen atoms in total. The molecule has 0 spiro atoms. The molecule has 0 radical (unpaired) electrons. The molecule has 0 N–H and O–H groups in total. The van der Waals surface area contributed by atoms with Gasteiger partial charge in [0.15, 0.2) is 0 Å². The molecule has 2 aromatic carbocycles. The van der Waals surface area contributed by atoms with E-state index in [1.54, 1.807) is 18.3 Å². The second-order valence-corrected chi connectivity index (χ2v) is 5.25. The molecular formula is C15H9BrN2O2. The van der Waals surface area contributed by atoms with Crippen LogP contribution in [0.5, 0.6) is 0 Å². The second kappa shape index (κ2) is 5.02. The lowest BCUT2D eigenvalue weighted by Gasteiger charge is -2.04. The van der Waals surface area contributed by atoms with E-state index in [1.165, 1.54) is 6.07 Å². The molecule has 0 saturated carbocycles. The molecule has 0 unspecified atom stereocenters. The van der Waals surface area contributed by atoms with Gasteiger partial charge in [-0.05, 0) is 18.2 Å². The van der Waals surface area contributed by atoms with E-state index in [9.17, 15) is 10.1 Å². The summed E-state index contributed by atoms with van der Waals surface area (Å²) >= 11 is 3.38. The molecule has 98 valence electrons. The Hall–Kier alpha value is -2.27. The van der Waals surface area contributed by atoms with Crippen LogP contribution in [0.1, 0.15) is 0 Å². The number of nitro benzene ring substituents is 1. The van der Waals surface area contributed by atoms with E-state index < -0.39 is 0 Å². The lowest BCUT2D eigenvalue weighted by atomic mass is 10.1. The molecule has 0 saturated heterocycles. The molecule has 0 amide bonds. The average molecular weight is 329 g/mol. The molecule has 0 aliphatic heterocycles. The monoisotopic (exact) mass is 328 g/mol. The molecule has 3 rings (SSSR count). The third-order valence-corrected chi connectivity index (χ3v) is 3.61. The van der Waals surface area contributed by atoms with Crippen molar-refractivity contribution in [3.63, 3.8) is 0 Å². The predicted octanol–water partition coefficient (Wildman–Crippen LogP) is 4.57. The Balaban J connectivity index is 2.21. The van der Waals surface area contributed by atoms with E-state index in [1.807, 2.05) is 30.3 Å². The minimum absolute atomic E-state index is 0.100. The number of fused-ring (bicyclic) bond motifs is 1. The summed E-state index contributed by atoms with van der Waals surface area (Å²) in [5.41, 5.74) is 1.75. The molecule has 5 heteroatoms. The van der Waals surface area contributed by atoms with Gasteiger partial charge >= 0.3 is 0 Å². The van der Waals surface area contributed by atoms with Gasteiger partial charge in [0.1, 0.15) is 0 Å². The number of benzene rings is 2. The van der Waals surface area contributed by atoms with Gasteiger partial charge in [-0.2, -0.15) is 0 Å². The molecule has 0 atom stereocenters. The summed E-state index contributed by atoms with van der Waals surface area (Å²) in [5.74, 6) is 0. The fourth-order valence-electron chi connectivity index (χ4n) is 2.09. The molecule has 1 heterocycles. The number of rotatable bonds is 2. The van der Waals surface area contributed by atoms with E-state index >= 15 is 0 Å². The first-order valence-electron chi connectivity index (χ1n) is 5.94. The second-order valence-electron chi connectivity index (χ2n) is 4.33. The van der Waals surface area contributed by atoms with Crippen molar-refractivity contribution in [3.8, 4) is 11.3 Å². The topological polar surface area (TPSA) is 56.0 Å². The Morgan fingerprint density at radius 1 is 1.10 bits per heavy atom. The summed E-state index contributed by atoms with van der Waals surface area (Å²) in [6, 6.07) is 14.4. The fraction of sp³-hybridized carbons (Fsp3) is 0. The molecule has 0 aliphatic rings. The highest BCUT2D eigenvalue weighted by molar-refractivity contribution is 9.10. The summed E-state index contributed by atoms with van der Waals surface area (Å²) in [6.07, 6.45) is 1.67. The van der Waals surface area contributed by atoms with E-state index in [-0.39, 0.29) is 10.6 Å². The van der Waals surface area contributed by atoms with Crippen molar-refractivity contribution in [1.29, 1.82) is 0 Å². The lowest BCUT2D eigenvalue weighted by Crippen LogP contribution is -1.91. The number of pyridine rings is 1. The van der Waals surface area contributed by atoms with Crippen LogP contribution >= 0.6 is 15.9 Å². The van der Waals surface area contributed by atoms with Crippen molar-refractivity contribution in [2.24, 2.45) is 0 Å². The van der Waals surface area contributed by atoms with Gasteiger partial charge in [0.25, 0.3) is 5.69 Å². The van der Waals surface area contributed by atoms with Crippen LogP contribution < -0.4 is 0 Å². The first-order chi connectivity index (χ1) is 9.65. The van der Waals surface area contributed by atoms with Crippen LogP contribution in [0.25, 0.3) is 22.0 Å². The van der Waals surface area contributed by atoms with E-state index in [0.29, 0.717) is 5.39 Å². The number of nitrogens with zero attached hydrogens (tertiary/aromatic N) is 2. The van der Waals surface area contributed by atoms with Gasteiger partial charge in [0.2, 0.25) is 0 Å². The third-order valence-electron chi connectivity index (χ3n) is 3.08. The Morgan fingerprint density at radius 3 is 2.55 bits per heavy atom. The normalized spacial score (nSPS) is 10.7. The largest absolute Gasteiger partial charge is 0.277 e. The summed E-state index contributed by atoms with van der Waals surface area (Å²) in [5, 5.41) is 12.5. The standard InChI is InChI=1S/C15H9BrN2O2/c16-12-6-4-10(5-7-12)14-8-13-11(9-17-14)2-1-3-15(13)18(19)20/h1-9H. The maximum atomic E-state index is 11.1. The molecule has 1 aromatic heterocycles. The van der Waals surface area contributed by atoms with Crippen molar-refractivity contribution >= 4 is 32.4 Å². The van der Waals surface area contributed by atoms with Crippen LogP contribution in [0.4, 0.5) is 5.69 Å². The Bertz CT molecular complexity index is 801. The average Bonchev–Trinajstić information content (AvgIpc) is 2.46. The minimum atomic E-state index is -0.367. The van der Waals surface area contributed by atoms with Gasteiger partial charge in [-0.25, -0.2) is 0 Å². The van der Waals surface area contributed by atoms with Crippen LogP contribution in [-0.2, 0) is 0 Å². The number of halogens is 1. The van der Waals surface area contributed by atoms with Crippen LogP contribution in [0.15, 0.2) is 59.2 Å². The maximum Gasteiger partial charge on any atom is 0.277 e. The molecule has 3 aromatic rings. The van der Waals surface area contributed by atoms with Crippen LogP contribution in [0.2, 0.25) is 0 Å². The van der Waals surface area contributed by atoms with Gasteiger partial charge in [-0.1, -0.05) is 40.2 Å². The van der Waals surface area contributed by atoms with Crippen molar-refractivity contribution in [3.05, 3.63) is 69.3 Å². The van der Waals surface area contributed by atoms with Crippen molar-refractivity contribution in [1.82, 2.24) is 4.98 Å². The highest BCUT2D eigenvalue weighted by Crippen LogP contribution is 2.29. The summed E-state index contributed by atoms with van der Waals surface area (Å²) in [7, 11) is 0. The Morgan fingerprint density at radius 2 is 1.85 bits per heavy atom. The quantitative estimate of drug-likeness (QED) is 0.511. The first kappa shape index (κ1) is 12.7. The lowest BCUT2D eigenvalue weighted by molar-refractivity contribution is -0.383. The fourth-order valence-corrected chi connectivity index (χ4v) is 2.36. The predicted molar refractivity (Wildman–Crippen MR) is 81.5 cm³/mol. The number of hydrogen-bond donors (Lipinski definition) is 0. The summed E-state index contributed by atoms with van der Waals surface area (Å²) in [6.45, 7) is 0. The zero-order valence-electron chi connectivity index (χ0n) is 10.3. The smallest absolute Gasteiger partial charge is 0.258 e. The highest BCUT2D eigenvalue weighted by Gasteiger charge is 2.12. The van der Waals surface area contributed by atoms with E-state index in [0.717, 1.165) is 21.1 Å². The van der Waals surface area contributed by atoms with Gasteiger partial charge in [-0.3, -0.25) is 15.1 Å². The number of aromatic nitrogens is 1. The maximum absolute atomic E-state index is 11.1. The summed E-state index contributed by atoms with van der Waals surface area (Å²) in [4.78, 5) is 15.1. The van der Waals surface area contributed by atoms with E-state index in [2.05, 4.69) is 20.9 Å². The zero-order chi connectivity index (χ0) is 14.1. The number of non-ortho nitro benzene ring substituents is 1. The van der Waals surface area contributed by atoms with Gasteiger partial charge in [-0.15, -0.1) is 0 Å². The van der Waals surface area contributed by atoms with Crippen LogP contribution in [0.3, 0.4) is 0 Å². The first-order valence-corrected chi connectivity index (χ1v) is 6.73. The van der Waals surface area contributed by atoms with Gasteiger partial charge in [0, 0.05) is 27.7 Å². The van der Waals surface area contributed by atoms with Crippen LogP contribution in [0, 0.1) is 10.1 Å². The van der Waals surface area contributed by atoms with Gasteiger partial charge < -0.3 is 0 Å². The molecule has 20 heavy (non-hydrogen) atoms. The molecule has 0 bridgehead atoms. The van der Waals surface area contributed by atoms with Crippen molar-refractivity contribution in [2.45, 2.75) is 0 Å². The van der Waals surface area contributed by atoms with Crippen LogP contribution in [-0.4, -0.2) is 9.91 Å². The highest BCUT2D eigenvalue weighted by atomic mass is 79.9. The van der Waals surface area contributed by atoms with E-state index in [4.69, 9.17) is 0 Å². The zero-order valence-corrected chi connectivity index (χ0v) is 11.9. The Kier molecular flexibility index (Phi) is 3.20. The van der Waals surface area contributed by atoms with Gasteiger partial charge in [0.05, 0.1) is 16.0 Å². The molecular weight excluding hydrogens is 320 g/mol.